The monoisotopic (exact) mass is 470 g/mol. The Morgan fingerprint density at radius 3 is 2.62 bits per heavy atom. The van der Waals surface area contributed by atoms with Crippen LogP contribution in [0.5, 0.6) is 0 Å². The van der Waals surface area contributed by atoms with Crippen molar-refractivity contribution in [1.82, 2.24) is 19.7 Å². The quantitative estimate of drug-likeness (QED) is 0.403. The molecule has 0 spiro atoms. The first-order chi connectivity index (χ1) is 12.5. The van der Waals surface area contributed by atoms with Crippen molar-refractivity contribution < 1.29 is 4.42 Å². The van der Waals surface area contributed by atoms with Crippen LogP contribution in [0.3, 0.4) is 0 Å². The molecule has 4 aromatic rings. The number of nitrogens with zero attached hydrogens (tertiary/aromatic N) is 4. The number of aromatic nitrogens is 4. The van der Waals surface area contributed by atoms with E-state index in [0.717, 1.165) is 0 Å². The third-order valence-corrected chi connectivity index (χ3v) is 4.83. The van der Waals surface area contributed by atoms with Crippen molar-refractivity contribution >= 4 is 61.6 Å². The molecule has 0 saturated carbocycles. The summed E-state index contributed by atoms with van der Waals surface area (Å²) >= 11 is 21.8. The second kappa shape index (κ2) is 6.66. The summed E-state index contributed by atoms with van der Waals surface area (Å²) in [6.07, 6.45) is 1.57. The third-order valence-electron chi connectivity index (χ3n) is 3.52. The maximum Gasteiger partial charge on any atom is 0.348 e. The van der Waals surface area contributed by atoms with Crippen molar-refractivity contribution in [3.8, 4) is 17.4 Å². The van der Waals surface area contributed by atoms with Gasteiger partial charge < -0.3 is 4.42 Å². The van der Waals surface area contributed by atoms with Gasteiger partial charge in [0.05, 0.1) is 15.1 Å². The van der Waals surface area contributed by atoms with E-state index in [0.29, 0.717) is 21.1 Å². The van der Waals surface area contributed by atoms with Gasteiger partial charge in [0, 0.05) is 12.3 Å². The highest BCUT2D eigenvalue weighted by molar-refractivity contribution is 9.10. The van der Waals surface area contributed by atoms with Crippen molar-refractivity contribution in [2.45, 2.75) is 0 Å². The summed E-state index contributed by atoms with van der Waals surface area (Å²) in [5.74, 6) is 0.364. The zero-order valence-electron chi connectivity index (χ0n) is 12.6. The molecule has 0 N–H and O–H groups in total. The standard InChI is InChI=1S/C16H6BrCl3N4O2/c17-11-6-10(24(23-11)14-9(20)2-1-5-21-14)15-22-13-8(19)4-3-7(18)12(13)16(25)26-15/h1-6H. The van der Waals surface area contributed by atoms with E-state index in [-0.39, 0.29) is 26.8 Å². The van der Waals surface area contributed by atoms with Gasteiger partial charge >= 0.3 is 5.63 Å². The van der Waals surface area contributed by atoms with Crippen LogP contribution in [-0.4, -0.2) is 19.7 Å². The topological polar surface area (TPSA) is 73.8 Å². The predicted octanol–water partition coefficient (Wildman–Crippen LogP) is 5.16. The van der Waals surface area contributed by atoms with Gasteiger partial charge in [0.15, 0.2) is 5.82 Å². The lowest BCUT2D eigenvalue weighted by atomic mass is 10.2. The molecule has 0 radical (unpaired) electrons. The second-order valence-electron chi connectivity index (χ2n) is 5.13. The van der Waals surface area contributed by atoms with Gasteiger partial charge in [0.25, 0.3) is 0 Å². The summed E-state index contributed by atoms with van der Waals surface area (Å²) in [7, 11) is 0. The third kappa shape index (κ3) is 2.91. The number of halogens is 4. The number of benzene rings is 1. The molecule has 0 atom stereocenters. The van der Waals surface area contributed by atoms with Crippen LogP contribution >= 0.6 is 50.7 Å². The zero-order valence-corrected chi connectivity index (χ0v) is 16.4. The van der Waals surface area contributed by atoms with E-state index in [1.165, 1.54) is 10.7 Å². The fraction of sp³-hybridized carbons (Fsp3) is 0. The zero-order chi connectivity index (χ0) is 18.4. The Balaban J connectivity index is 2.02. The normalized spacial score (nSPS) is 11.2. The molecule has 4 rings (SSSR count). The van der Waals surface area contributed by atoms with Gasteiger partial charge in [-0.2, -0.15) is 5.10 Å². The van der Waals surface area contributed by atoms with Crippen molar-refractivity contribution in [2.24, 2.45) is 0 Å². The molecule has 0 unspecified atom stereocenters. The van der Waals surface area contributed by atoms with Crippen LogP contribution in [0.15, 0.2) is 50.3 Å². The van der Waals surface area contributed by atoms with E-state index in [9.17, 15) is 4.79 Å². The van der Waals surface area contributed by atoms with Gasteiger partial charge in [0.1, 0.15) is 21.2 Å². The minimum absolute atomic E-state index is 0.00610. The Morgan fingerprint density at radius 1 is 1.08 bits per heavy atom. The van der Waals surface area contributed by atoms with Crippen molar-refractivity contribution in [3.63, 3.8) is 0 Å². The van der Waals surface area contributed by atoms with Gasteiger partial charge in [-0.3, -0.25) is 0 Å². The Morgan fingerprint density at radius 2 is 1.85 bits per heavy atom. The van der Waals surface area contributed by atoms with Gasteiger partial charge in [-0.15, -0.1) is 0 Å². The molecule has 0 fully saturated rings. The maximum absolute atomic E-state index is 12.4. The molecule has 3 heterocycles. The molecule has 130 valence electrons. The SMILES string of the molecule is O=c1oc(-c2cc(Br)nn2-c2ncccc2Cl)nc2c(Cl)ccc(Cl)c12. The molecule has 26 heavy (non-hydrogen) atoms. The van der Waals surface area contributed by atoms with Crippen molar-refractivity contribution in [1.29, 1.82) is 0 Å². The maximum atomic E-state index is 12.4. The highest BCUT2D eigenvalue weighted by Gasteiger charge is 2.20. The highest BCUT2D eigenvalue weighted by Crippen LogP contribution is 2.31. The number of fused-ring (bicyclic) bond motifs is 1. The molecule has 6 nitrogen and oxygen atoms in total. The van der Waals surface area contributed by atoms with E-state index >= 15 is 0 Å². The Bertz CT molecular complexity index is 1220. The summed E-state index contributed by atoms with van der Waals surface area (Å²) in [5.41, 5.74) is -0.0533. The lowest BCUT2D eigenvalue weighted by Gasteiger charge is -2.08. The second-order valence-corrected chi connectivity index (χ2v) is 7.17. The fourth-order valence-electron chi connectivity index (χ4n) is 2.42. The van der Waals surface area contributed by atoms with Crippen LogP contribution in [0.25, 0.3) is 28.3 Å². The molecule has 0 bridgehead atoms. The van der Waals surface area contributed by atoms with Crippen molar-refractivity contribution in [2.75, 3.05) is 0 Å². The summed E-state index contributed by atoms with van der Waals surface area (Å²) in [6.45, 7) is 0. The van der Waals surface area contributed by atoms with E-state index in [4.69, 9.17) is 39.2 Å². The van der Waals surface area contributed by atoms with Crippen LogP contribution in [-0.2, 0) is 0 Å². The van der Waals surface area contributed by atoms with E-state index in [1.807, 2.05) is 0 Å². The molecule has 10 heteroatoms. The lowest BCUT2D eigenvalue weighted by Crippen LogP contribution is -2.08. The van der Waals surface area contributed by atoms with E-state index < -0.39 is 5.63 Å². The molecule has 0 aliphatic heterocycles. The summed E-state index contributed by atoms with van der Waals surface area (Å²) in [6, 6.07) is 8.06. The summed E-state index contributed by atoms with van der Waals surface area (Å²) < 4.78 is 7.27. The number of pyridine rings is 1. The minimum Gasteiger partial charge on any atom is -0.401 e. The van der Waals surface area contributed by atoms with Crippen LogP contribution in [0.4, 0.5) is 0 Å². The molecular weight excluding hydrogens is 466 g/mol. The van der Waals surface area contributed by atoms with E-state index in [1.54, 1.807) is 30.5 Å². The van der Waals surface area contributed by atoms with Crippen LogP contribution in [0, 0.1) is 0 Å². The Labute approximate surface area is 169 Å². The summed E-state index contributed by atoms with van der Waals surface area (Å²) in [5, 5.41) is 5.26. The smallest absolute Gasteiger partial charge is 0.348 e. The van der Waals surface area contributed by atoms with E-state index in [2.05, 4.69) is 31.0 Å². The predicted molar refractivity (Wildman–Crippen MR) is 103 cm³/mol. The Kier molecular flexibility index (Phi) is 4.48. The van der Waals surface area contributed by atoms with Gasteiger partial charge in [-0.25, -0.2) is 19.4 Å². The largest absolute Gasteiger partial charge is 0.401 e. The molecule has 3 aromatic heterocycles. The van der Waals surface area contributed by atoms with Gasteiger partial charge in [0.2, 0.25) is 5.89 Å². The average Bonchev–Trinajstić information content (AvgIpc) is 3.00. The first-order valence-corrected chi connectivity index (χ1v) is 9.04. The average molecular weight is 473 g/mol. The van der Waals surface area contributed by atoms with Gasteiger partial charge in [-0.05, 0) is 40.2 Å². The molecule has 0 aliphatic carbocycles. The van der Waals surface area contributed by atoms with Crippen molar-refractivity contribution in [3.05, 3.63) is 66.6 Å². The molecule has 0 amide bonds. The van der Waals surface area contributed by atoms with Gasteiger partial charge in [-0.1, -0.05) is 34.8 Å². The van der Waals surface area contributed by atoms with Crippen LogP contribution < -0.4 is 5.63 Å². The lowest BCUT2D eigenvalue weighted by molar-refractivity contribution is 0.513. The molecule has 0 saturated heterocycles. The molecule has 0 aliphatic rings. The fourth-order valence-corrected chi connectivity index (χ4v) is 3.42. The molecule has 1 aromatic carbocycles. The number of rotatable bonds is 2. The number of hydrogen-bond acceptors (Lipinski definition) is 5. The van der Waals surface area contributed by atoms with Crippen LogP contribution in [0.1, 0.15) is 0 Å². The highest BCUT2D eigenvalue weighted by atomic mass is 79.9. The Hall–Kier alpha value is -1.93. The molecular formula is C16H6BrCl3N4O2. The summed E-state index contributed by atoms with van der Waals surface area (Å²) in [4.78, 5) is 21.0. The first-order valence-electron chi connectivity index (χ1n) is 7.11. The first kappa shape index (κ1) is 17.5. The number of hydrogen-bond donors (Lipinski definition) is 0. The van der Waals surface area contributed by atoms with Crippen LogP contribution in [0.2, 0.25) is 15.1 Å². The minimum atomic E-state index is -0.659.